The monoisotopic (exact) mass is 234 g/mol. The van der Waals surface area contributed by atoms with Gasteiger partial charge >= 0.3 is 0 Å². The summed E-state index contributed by atoms with van der Waals surface area (Å²) in [5, 5.41) is 12.3. The first-order valence-electron chi connectivity index (χ1n) is 4.44. The van der Waals surface area contributed by atoms with Crippen LogP contribution in [0.3, 0.4) is 0 Å². The van der Waals surface area contributed by atoms with Crippen LogP contribution in [0.2, 0.25) is 0 Å². The molecule has 0 aliphatic rings. The number of hydrogen-bond acceptors (Lipinski definition) is 5. The van der Waals surface area contributed by atoms with E-state index in [1.165, 1.54) is 10.9 Å². The first-order chi connectivity index (χ1) is 7.01. The maximum absolute atomic E-state index is 11.6. The standard InChI is InChI=1S/C7H14N4O3S/c1-2-11-5-6(7(8)10-11)15(13,14)9-3-4-12/h5,9,12H,2-4H2,1H3,(H2,8,10). The number of sulfonamides is 1. The van der Waals surface area contributed by atoms with E-state index < -0.39 is 10.0 Å². The Labute approximate surface area is 87.9 Å². The van der Waals surface area contributed by atoms with Crippen LogP contribution in [0.15, 0.2) is 11.1 Å². The number of nitrogens with two attached hydrogens (primary N) is 1. The van der Waals surface area contributed by atoms with Gasteiger partial charge in [-0.05, 0) is 6.92 Å². The summed E-state index contributed by atoms with van der Waals surface area (Å²) in [4.78, 5) is -0.0576. The fourth-order valence-electron chi connectivity index (χ4n) is 1.04. The highest BCUT2D eigenvalue weighted by molar-refractivity contribution is 7.89. The van der Waals surface area contributed by atoms with Crippen molar-refractivity contribution in [2.75, 3.05) is 18.9 Å². The molecule has 0 bridgehead atoms. The zero-order valence-electron chi connectivity index (χ0n) is 8.34. The number of aliphatic hydroxyl groups excluding tert-OH is 1. The van der Waals surface area contributed by atoms with Crippen LogP contribution in [0.25, 0.3) is 0 Å². The minimum atomic E-state index is -3.66. The van der Waals surface area contributed by atoms with Crippen molar-refractivity contribution in [2.24, 2.45) is 0 Å². The van der Waals surface area contributed by atoms with Crippen LogP contribution in [0.5, 0.6) is 0 Å². The Morgan fingerprint density at radius 2 is 2.33 bits per heavy atom. The number of nitrogens with zero attached hydrogens (tertiary/aromatic N) is 2. The van der Waals surface area contributed by atoms with E-state index >= 15 is 0 Å². The number of rotatable bonds is 5. The van der Waals surface area contributed by atoms with E-state index in [1.54, 1.807) is 0 Å². The average molecular weight is 234 g/mol. The Morgan fingerprint density at radius 3 is 2.80 bits per heavy atom. The second-order valence-corrected chi connectivity index (χ2v) is 4.59. The van der Waals surface area contributed by atoms with Crippen molar-refractivity contribution in [3.63, 3.8) is 0 Å². The van der Waals surface area contributed by atoms with E-state index in [-0.39, 0.29) is 23.9 Å². The van der Waals surface area contributed by atoms with Crippen LogP contribution in [0, 0.1) is 0 Å². The van der Waals surface area contributed by atoms with Crippen LogP contribution in [-0.2, 0) is 16.6 Å². The molecule has 1 rings (SSSR count). The molecule has 0 radical (unpaired) electrons. The Kier molecular flexibility index (Phi) is 3.66. The van der Waals surface area contributed by atoms with E-state index in [9.17, 15) is 8.42 Å². The summed E-state index contributed by atoms with van der Waals surface area (Å²) in [5.74, 6) is -0.0395. The highest BCUT2D eigenvalue weighted by Crippen LogP contribution is 2.15. The number of aromatic nitrogens is 2. The van der Waals surface area contributed by atoms with Crippen molar-refractivity contribution >= 4 is 15.8 Å². The smallest absolute Gasteiger partial charge is 0.245 e. The molecule has 0 aliphatic heterocycles. The molecule has 7 nitrogen and oxygen atoms in total. The Morgan fingerprint density at radius 1 is 1.67 bits per heavy atom. The summed E-state index contributed by atoms with van der Waals surface area (Å²) in [5.41, 5.74) is 5.46. The van der Waals surface area contributed by atoms with Gasteiger partial charge in [0.2, 0.25) is 10.0 Å². The zero-order chi connectivity index (χ0) is 11.5. The van der Waals surface area contributed by atoms with Crippen molar-refractivity contribution in [3.05, 3.63) is 6.20 Å². The molecule has 0 amide bonds. The molecule has 0 aromatic carbocycles. The highest BCUT2D eigenvalue weighted by Gasteiger charge is 2.19. The predicted molar refractivity (Wildman–Crippen MR) is 54.6 cm³/mol. The molecule has 4 N–H and O–H groups in total. The summed E-state index contributed by atoms with van der Waals surface area (Å²) in [6, 6.07) is 0. The van der Waals surface area contributed by atoms with Crippen LogP contribution in [-0.4, -0.2) is 36.5 Å². The molecule has 1 aromatic heterocycles. The first kappa shape index (κ1) is 12.0. The molecule has 0 aliphatic carbocycles. The quantitative estimate of drug-likeness (QED) is 0.590. The molecule has 0 saturated heterocycles. The zero-order valence-corrected chi connectivity index (χ0v) is 9.16. The first-order valence-corrected chi connectivity index (χ1v) is 5.93. The third-order valence-corrected chi connectivity index (χ3v) is 3.25. The van der Waals surface area contributed by atoms with Gasteiger partial charge in [-0.15, -0.1) is 0 Å². The lowest BCUT2D eigenvalue weighted by molar-refractivity contribution is 0.301. The van der Waals surface area contributed by atoms with Crippen molar-refractivity contribution in [1.82, 2.24) is 14.5 Å². The van der Waals surface area contributed by atoms with Gasteiger partial charge < -0.3 is 10.8 Å². The van der Waals surface area contributed by atoms with E-state index in [0.29, 0.717) is 6.54 Å². The van der Waals surface area contributed by atoms with Gasteiger partial charge in [0.1, 0.15) is 4.90 Å². The lowest BCUT2D eigenvalue weighted by Gasteiger charge is -2.02. The van der Waals surface area contributed by atoms with Gasteiger partial charge in [-0.2, -0.15) is 5.10 Å². The number of aliphatic hydroxyl groups is 1. The van der Waals surface area contributed by atoms with E-state index in [1.807, 2.05) is 6.92 Å². The van der Waals surface area contributed by atoms with Gasteiger partial charge in [-0.1, -0.05) is 0 Å². The van der Waals surface area contributed by atoms with Gasteiger partial charge in [-0.3, -0.25) is 4.68 Å². The van der Waals surface area contributed by atoms with Crippen molar-refractivity contribution in [1.29, 1.82) is 0 Å². The largest absolute Gasteiger partial charge is 0.395 e. The number of aryl methyl sites for hydroxylation is 1. The molecular weight excluding hydrogens is 220 g/mol. The lowest BCUT2D eigenvalue weighted by Crippen LogP contribution is -2.26. The maximum atomic E-state index is 11.6. The Balaban J connectivity index is 2.99. The highest BCUT2D eigenvalue weighted by atomic mass is 32.2. The fraction of sp³-hybridized carbons (Fsp3) is 0.571. The molecular formula is C7H14N4O3S. The van der Waals surface area contributed by atoms with Crippen LogP contribution in [0.4, 0.5) is 5.82 Å². The molecule has 1 aromatic rings. The number of hydrogen-bond donors (Lipinski definition) is 3. The summed E-state index contributed by atoms with van der Waals surface area (Å²) in [6.45, 7) is 2.06. The molecule has 0 saturated carbocycles. The van der Waals surface area contributed by atoms with E-state index in [0.717, 1.165) is 0 Å². The molecule has 86 valence electrons. The topological polar surface area (TPSA) is 110 Å². The molecule has 0 fully saturated rings. The Hall–Kier alpha value is -1.12. The van der Waals surface area contributed by atoms with Gasteiger partial charge in [0.15, 0.2) is 5.82 Å². The van der Waals surface area contributed by atoms with Gasteiger partial charge in [-0.25, -0.2) is 13.1 Å². The maximum Gasteiger partial charge on any atom is 0.245 e. The molecule has 8 heteroatoms. The fourth-order valence-corrected chi connectivity index (χ4v) is 2.14. The van der Waals surface area contributed by atoms with Gasteiger partial charge in [0.25, 0.3) is 0 Å². The Bertz CT molecular complexity index is 425. The van der Waals surface area contributed by atoms with Crippen molar-refractivity contribution < 1.29 is 13.5 Å². The minimum Gasteiger partial charge on any atom is -0.395 e. The van der Waals surface area contributed by atoms with Crippen LogP contribution < -0.4 is 10.5 Å². The van der Waals surface area contributed by atoms with E-state index in [2.05, 4.69) is 9.82 Å². The van der Waals surface area contributed by atoms with Crippen LogP contribution >= 0.6 is 0 Å². The third-order valence-electron chi connectivity index (χ3n) is 1.77. The summed E-state index contributed by atoms with van der Waals surface area (Å²) in [6.07, 6.45) is 1.36. The van der Waals surface area contributed by atoms with Gasteiger partial charge in [0, 0.05) is 19.3 Å². The van der Waals surface area contributed by atoms with E-state index in [4.69, 9.17) is 10.8 Å². The number of nitrogen functional groups attached to an aromatic ring is 1. The summed E-state index contributed by atoms with van der Waals surface area (Å²) in [7, 11) is -3.66. The summed E-state index contributed by atoms with van der Waals surface area (Å²) < 4.78 is 26.8. The predicted octanol–water partition coefficient (Wildman–Crippen LogP) is -1.24. The normalized spacial score (nSPS) is 11.9. The second-order valence-electron chi connectivity index (χ2n) is 2.86. The average Bonchev–Trinajstić information content (AvgIpc) is 2.57. The molecule has 0 atom stereocenters. The number of nitrogens with one attached hydrogen (secondary N) is 1. The summed E-state index contributed by atoms with van der Waals surface area (Å²) >= 11 is 0. The van der Waals surface area contributed by atoms with Crippen molar-refractivity contribution in [3.8, 4) is 0 Å². The molecule has 0 spiro atoms. The molecule has 15 heavy (non-hydrogen) atoms. The minimum absolute atomic E-state index is 0.0395. The third kappa shape index (κ3) is 2.67. The molecule has 0 unspecified atom stereocenters. The molecule has 1 heterocycles. The SMILES string of the molecule is CCn1cc(S(=O)(=O)NCCO)c(N)n1. The lowest BCUT2D eigenvalue weighted by atomic mass is 10.6. The number of anilines is 1. The van der Waals surface area contributed by atoms with Gasteiger partial charge in [0.05, 0.1) is 6.61 Å². The second kappa shape index (κ2) is 4.60. The van der Waals surface area contributed by atoms with Crippen molar-refractivity contribution in [2.45, 2.75) is 18.4 Å². The van der Waals surface area contributed by atoms with Crippen LogP contribution in [0.1, 0.15) is 6.92 Å².